The minimum atomic E-state index is -5.25. The van der Waals surface area contributed by atoms with Crippen LogP contribution in [-0.4, -0.2) is 88.7 Å². The summed E-state index contributed by atoms with van der Waals surface area (Å²) in [6, 6.07) is 7.98. The lowest BCUT2D eigenvalue weighted by molar-refractivity contribution is -0.189. The van der Waals surface area contributed by atoms with Crippen LogP contribution in [0.1, 0.15) is 25.0 Å². The second-order valence-electron chi connectivity index (χ2n) is 10.1. The molecule has 1 unspecified atom stereocenters. The molecule has 0 aliphatic carbocycles. The summed E-state index contributed by atoms with van der Waals surface area (Å²) in [5.41, 5.74) is 1.25. The number of aliphatic hydroxyl groups is 1. The molecular formula is C29H31F3N6O6. The minimum absolute atomic E-state index is 0.0318. The lowest BCUT2D eigenvalue weighted by Gasteiger charge is -2.34. The van der Waals surface area contributed by atoms with Gasteiger partial charge in [0.05, 0.1) is 42.9 Å². The quantitative estimate of drug-likeness (QED) is 0.245. The van der Waals surface area contributed by atoms with E-state index in [0.717, 1.165) is 25.8 Å². The first kappa shape index (κ1) is 30.9. The molecule has 5 rings (SSSR count). The number of rotatable bonds is 10. The highest BCUT2D eigenvalue weighted by Gasteiger charge is 2.42. The van der Waals surface area contributed by atoms with Crippen molar-refractivity contribution in [3.05, 3.63) is 36.0 Å². The Morgan fingerprint density at radius 3 is 2.45 bits per heavy atom. The third kappa shape index (κ3) is 6.83. The molecule has 0 radical (unpaired) electrons. The van der Waals surface area contributed by atoms with Crippen LogP contribution in [0, 0.1) is 6.92 Å². The Labute approximate surface area is 250 Å². The number of aromatic nitrogens is 4. The van der Waals surface area contributed by atoms with Gasteiger partial charge in [0.2, 0.25) is 17.8 Å². The fourth-order valence-electron chi connectivity index (χ4n) is 5.06. The van der Waals surface area contributed by atoms with Gasteiger partial charge in [-0.05, 0) is 50.6 Å². The first-order valence-corrected chi connectivity index (χ1v) is 13.9. The van der Waals surface area contributed by atoms with Crippen LogP contribution in [0.5, 0.6) is 23.1 Å². The number of hydrogen-bond donors (Lipinski definition) is 2. The SMILES string of the molecule is COc1cc2nc(Nc3nc(OC(=O)C(F)(F)F)c4cc(OCCN5CCCCC5CO)ccc4n3)nc(C)c2cc1OC. The second kappa shape index (κ2) is 13.0. The lowest BCUT2D eigenvalue weighted by atomic mass is 10.0. The van der Waals surface area contributed by atoms with E-state index in [1.807, 2.05) is 0 Å². The van der Waals surface area contributed by atoms with E-state index < -0.39 is 18.0 Å². The molecule has 0 bridgehead atoms. The van der Waals surface area contributed by atoms with Gasteiger partial charge in [0.25, 0.3) is 0 Å². The topological polar surface area (TPSA) is 141 Å². The van der Waals surface area contributed by atoms with E-state index in [2.05, 4.69) is 34.9 Å². The van der Waals surface area contributed by atoms with Crippen molar-refractivity contribution in [3.63, 3.8) is 0 Å². The largest absolute Gasteiger partial charge is 0.493 e. The third-order valence-corrected chi connectivity index (χ3v) is 7.28. The second-order valence-corrected chi connectivity index (χ2v) is 10.1. The molecule has 0 amide bonds. The molecule has 0 saturated carbocycles. The predicted octanol–water partition coefficient (Wildman–Crippen LogP) is 4.34. The van der Waals surface area contributed by atoms with E-state index in [1.165, 1.54) is 26.4 Å². The zero-order valence-corrected chi connectivity index (χ0v) is 24.3. The molecular weight excluding hydrogens is 585 g/mol. The van der Waals surface area contributed by atoms with Crippen LogP contribution in [0.15, 0.2) is 30.3 Å². The van der Waals surface area contributed by atoms with Crippen molar-refractivity contribution in [2.45, 2.75) is 38.4 Å². The fraction of sp³-hybridized carbons (Fsp3) is 0.414. The number of alkyl halides is 3. The number of carbonyl (C=O) groups is 1. The summed E-state index contributed by atoms with van der Waals surface area (Å²) in [6.07, 6.45) is -2.27. The highest BCUT2D eigenvalue weighted by Crippen LogP contribution is 2.34. The van der Waals surface area contributed by atoms with Crippen molar-refractivity contribution in [1.29, 1.82) is 0 Å². The number of nitrogens with zero attached hydrogens (tertiary/aromatic N) is 5. The van der Waals surface area contributed by atoms with E-state index in [0.29, 0.717) is 40.4 Å². The molecule has 2 N–H and O–H groups in total. The van der Waals surface area contributed by atoms with Gasteiger partial charge in [-0.2, -0.15) is 18.2 Å². The van der Waals surface area contributed by atoms with Crippen LogP contribution < -0.4 is 24.3 Å². The molecule has 2 aromatic heterocycles. The summed E-state index contributed by atoms with van der Waals surface area (Å²) in [5.74, 6) is -1.95. The Morgan fingerprint density at radius 1 is 1.00 bits per heavy atom. The zero-order valence-electron chi connectivity index (χ0n) is 24.3. The molecule has 2 aromatic carbocycles. The standard InChI is InChI=1S/C29H31F3N6O6/c1-16-19-13-23(41-2)24(42-3)14-22(19)35-27(33-16)37-28-34-21-8-7-18(43-11-10-38-9-5-4-6-17(38)15-39)12-20(21)25(36-28)44-26(40)29(30,31)32/h7-8,12-14,17,39H,4-6,9-11,15H2,1-3H3,(H,33,34,35,36,37). The number of fused-ring (bicyclic) bond motifs is 2. The van der Waals surface area contributed by atoms with Crippen LogP contribution >= 0.6 is 0 Å². The monoisotopic (exact) mass is 616 g/mol. The van der Waals surface area contributed by atoms with Gasteiger partial charge in [-0.3, -0.25) is 10.2 Å². The van der Waals surface area contributed by atoms with Crippen LogP contribution in [0.2, 0.25) is 0 Å². The van der Waals surface area contributed by atoms with E-state index >= 15 is 0 Å². The lowest BCUT2D eigenvalue weighted by Crippen LogP contribution is -2.43. The summed E-state index contributed by atoms with van der Waals surface area (Å²) in [4.78, 5) is 31.3. The molecule has 0 spiro atoms. The number of nitrogens with one attached hydrogen (secondary N) is 1. The van der Waals surface area contributed by atoms with Gasteiger partial charge in [0, 0.05) is 24.0 Å². The first-order valence-electron chi connectivity index (χ1n) is 13.9. The molecule has 3 heterocycles. The van der Waals surface area contributed by atoms with Gasteiger partial charge in [-0.25, -0.2) is 19.7 Å². The van der Waals surface area contributed by atoms with Crippen molar-refractivity contribution in [3.8, 4) is 23.1 Å². The van der Waals surface area contributed by atoms with Gasteiger partial charge < -0.3 is 24.1 Å². The number of anilines is 2. The molecule has 15 heteroatoms. The average Bonchev–Trinajstić information content (AvgIpc) is 3.00. The Balaban J connectivity index is 1.44. The normalized spacial score (nSPS) is 15.8. The smallest absolute Gasteiger partial charge is 0.491 e. The Bertz CT molecular complexity index is 1670. The van der Waals surface area contributed by atoms with Gasteiger partial charge in [0.1, 0.15) is 12.4 Å². The number of benzene rings is 2. The number of likely N-dealkylation sites (tertiary alicyclic amines) is 1. The van der Waals surface area contributed by atoms with E-state index in [-0.39, 0.29) is 42.1 Å². The number of aryl methyl sites for hydroxylation is 1. The highest BCUT2D eigenvalue weighted by molar-refractivity contribution is 5.90. The third-order valence-electron chi connectivity index (χ3n) is 7.28. The zero-order chi connectivity index (χ0) is 31.4. The average molecular weight is 617 g/mol. The number of piperidine rings is 1. The molecule has 1 fully saturated rings. The molecule has 1 atom stereocenters. The number of esters is 1. The number of hydrogen-bond acceptors (Lipinski definition) is 12. The maximum absolute atomic E-state index is 13.2. The molecule has 1 aliphatic heterocycles. The molecule has 1 saturated heterocycles. The maximum Gasteiger partial charge on any atom is 0.491 e. The molecule has 12 nitrogen and oxygen atoms in total. The van der Waals surface area contributed by atoms with E-state index in [9.17, 15) is 23.1 Å². The van der Waals surface area contributed by atoms with Gasteiger partial charge in [-0.1, -0.05) is 6.42 Å². The van der Waals surface area contributed by atoms with Crippen LogP contribution in [0.3, 0.4) is 0 Å². The van der Waals surface area contributed by atoms with Gasteiger partial charge in [-0.15, -0.1) is 0 Å². The Morgan fingerprint density at radius 2 is 1.73 bits per heavy atom. The predicted molar refractivity (Wildman–Crippen MR) is 154 cm³/mol. The van der Waals surface area contributed by atoms with Crippen molar-refractivity contribution in [2.75, 3.05) is 45.8 Å². The fourth-order valence-corrected chi connectivity index (χ4v) is 5.06. The Kier molecular flexibility index (Phi) is 9.15. The molecule has 1 aliphatic rings. The van der Waals surface area contributed by atoms with E-state index in [1.54, 1.807) is 25.1 Å². The number of methoxy groups -OCH3 is 2. The molecule has 234 valence electrons. The molecule has 44 heavy (non-hydrogen) atoms. The van der Waals surface area contributed by atoms with E-state index in [4.69, 9.17) is 14.2 Å². The highest BCUT2D eigenvalue weighted by atomic mass is 19.4. The van der Waals surface area contributed by atoms with Gasteiger partial charge >= 0.3 is 12.1 Å². The van der Waals surface area contributed by atoms with Crippen LogP contribution in [0.25, 0.3) is 21.8 Å². The van der Waals surface area contributed by atoms with Gasteiger partial charge in [0.15, 0.2) is 11.5 Å². The van der Waals surface area contributed by atoms with Crippen molar-refractivity contribution in [1.82, 2.24) is 24.8 Å². The summed E-state index contributed by atoms with van der Waals surface area (Å²) in [7, 11) is 3.00. The number of carbonyl (C=O) groups excluding carboxylic acids is 1. The van der Waals surface area contributed by atoms with Crippen molar-refractivity contribution in [2.24, 2.45) is 0 Å². The number of aliphatic hydroxyl groups excluding tert-OH is 1. The Hall–Kier alpha value is -4.50. The van der Waals surface area contributed by atoms with Crippen molar-refractivity contribution >= 4 is 39.7 Å². The minimum Gasteiger partial charge on any atom is -0.493 e. The summed E-state index contributed by atoms with van der Waals surface area (Å²) in [6.45, 7) is 3.48. The number of halogens is 3. The first-order chi connectivity index (χ1) is 21.1. The summed E-state index contributed by atoms with van der Waals surface area (Å²) >= 11 is 0. The number of ether oxygens (including phenoxy) is 4. The maximum atomic E-state index is 13.2. The summed E-state index contributed by atoms with van der Waals surface area (Å²) < 4.78 is 60.7. The summed E-state index contributed by atoms with van der Waals surface area (Å²) in [5, 5.41) is 13.1. The van der Waals surface area contributed by atoms with Crippen molar-refractivity contribution < 1.29 is 42.0 Å². The molecule has 4 aromatic rings. The van der Waals surface area contributed by atoms with Crippen LogP contribution in [-0.2, 0) is 4.79 Å². The van der Waals surface area contributed by atoms with Crippen LogP contribution in [0.4, 0.5) is 25.1 Å².